The van der Waals surface area contributed by atoms with Crippen LogP contribution in [0.3, 0.4) is 0 Å². The molecule has 4 aromatic rings. The molecule has 0 fully saturated rings. The van der Waals surface area contributed by atoms with Gasteiger partial charge in [0.15, 0.2) is 0 Å². The van der Waals surface area contributed by atoms with E-state index in [9.17, 15) is 12.8 Å². The fourth-order valence-electron chi connectivity index (χ4n) is 2.73. The smallest absolute Gasteiger partial charge is 0.238 e. The second-order valence-corrected chi connectivity index (χ2v) is 9.18. The maximum atomic E-state index is 13.3. The minimum Gasteiger partial charge on any atom is -0.360 e. The summed E-state index contributed by atoms with van der Waals surface area (Å²) in [6, 6.07) is 10.9. The van der Waals surface area contributed by atoms with E-state index in [4.69, 9.17) is 16.7 Å². The Balaban J connectivity index is 1.40. The van der Waals surface area contributed by atoms with Crippen molar-refractivity contribution in [2.45, 2.75) is 11.3 Å². The number of rotatable bonds is 6. The number of hydrogen-bond donors (Lipinski definition) is 2. The Morgan fingerprint density at radius 1 is 1.21 bits per heavy atom. The maximum absolute atomic E-state index is 13.3. The largest absolute Gasteiger partial charge is 0.360 e. The van der Waals surface area contributed by atoms with Gasteiger partial charge in [-0.25, -0.2) is 27.4 Å². The average molecular weight is 452 g/mol. The molecule has 29 heavy (non-hydrogen) atoms. The molecule has 0 bridgehead atoms. The molecule has 2 aromatic heterocycles. The van der Waals surface area contributed by atoms with Gasteiger partial charge in [-0.05, 0) is 42.3 Å². The molecule has 0 aliphatic rings. The van der Waals surface area contributed by atoms with E-state index in [2.05, 4.69) is 15.4 Å². The first kappa shape index (κ1) is 19.8. The number of imidazole rings is 1. The molecule has 0 spiro atoms. The van der Waals surface area contributed by atoms with Crippen molar-refractivity contribution in [3.8, 4) is 11.3 Å². The van der Waals surface area contributed by atoms with Crippen LogP contribution in [0.5, 0.6) is 0 Å². The summed E-state index contributed by atoms with van der Waals surface area (Å²) in [5.41, 5.74) is 2.35. The Hall–Kier alpha value is -2.53. The highest BCUT2D eigenvalue weighted by molar-refractivity contribution is 7.89. The van der Waals surface area contributed by atoms with Crippen LogP contribution >= 0.6 is 22.9 Å². The Labute approximate surface area is 175 Å². The van der Waals surface area contributed by atoms with Gasteiger partial charge in [-0.15, -0.1) is 5.10 Å². The molecule has 2 heterocycles. The summed E-state index contributed by atoms with van der Waals surface area (Å²) in [6.07, 6.45) is 2.44. The van der Waals surface area contributed by atoms with E-state index in [0.717, 1.165) is 5.56 Å². The van der Waals surface area contributed by atoms with Gasteiger partial charge in [0.05, 0.1) is 21.8 Å². The Bertz CT molecular complexity index is 1250. The number of nitrogens with zero attached hydrogens (tertiary/aromatic N) is 3. The van der Waals surface area contributed by atoms with E-state index in [0.29, 0.717) is 34.3 Å². The Kier molecular flexibility index (Phi) is 5.26. The van der Waals surface area contributed by atoms with Crippen LogP contribution in [0.4, 0.5) is 9.52 Å². The van der Waals surface area contributed by atoms with Crippen LogP contribution in [0.1, 0.15) is 5.56 Å². The minimum atomic E-state index is -3.68. The van der Waals surface area contributed by atoms with Gasteiger partial charge in [-0.2, -0.15) is 0 Å². The summed E-state index contributed by atoms with van der Waals surface area (Å²) in [7, 11) is -3.68. The number of fused-ring (bicyclic) bond motifs is 1. The number of anilines is 1. The molecule has 3 N–H and O–H groups in total. The quantitative estimate of drug-likeness (QED) is 0.466. The zero-order valence-corrected chi connectivity index (χ0v) is 17.2. The topological polar surface area (TPSA) is 102 Å². The van der Waals surface area contributed by atoms with E-state index in [1.807, 2.05) is 0 Å². The molecule has 0 unspecified atom stereocenters. The fraction of sp³-hybridized carbons (Fsp3) is 0.111. The average Bonchev–Trinajstić information content (AvgIpc) is 3.22. The lowest BCUT2D eigenvalue weighted by Gasteiger charge is -2.04. The predicted molar refractivity (Wildman–Crippen MR) is 111 cm³/mol. The Morgan fingerprint density at radius 2 is 1.97 bits per heavy atom. The normalized spacial score (nSPS) is 11.8. The third-order valence-electron chi connectivity index (χ3n) is 4.20. The van der Waals surface area contributed by atoms with Crippen molar-refractivity contribution >= 4 is 43.1 Å². The molecule has 150 valence electrons. The van der Waals surface area contributed by atoms with Crippen molar-refractivity contribution in [3.63, 3.8) is 0 Å². The molecule has 11 heteroatoms. The van der Waals surface area contributed by atoms with Gasteiger partial charge in [0.25, 0.3) is 0 Å². The molecule has 0 radical (unpaired) electrons. The molecule has 0 atom stereocenters. The highest BCUT2D eigenvalue weighted by Gasteiger charge is 2.11. The number of halogens is 2. The van der Waals surface area contributed by atoms with E-state index in [-0.39, 0.29) is 9.92 Å². The van der Waals surface area contributed by atoms with E-state index < -0.39 is 15.8 Å². The molecule has 2 aromatic carbocycles. The van der Waals surface area contributed by atoms with Crippen molar-refractivity contribution in [2.75, 3.05) is 11.9 Å². The van der Waals surface area contributed by atoms with Gasteiger partial charge in [0.2, 0.25) is 20.1 Å². The van der Waals surface area contributed by atoms with Crippen molar-refractivity contribution in [1.82, 2.24) is 14.6 Å². The highest BCUT2D eigenvalue weighted by atomic mass is 35.5. The van der Waals surface area contributed by atoms with Crippen LogP contribution in [0.15, 0.2) is 53.6 Å². The molecular formula is C18H15ClFN5O2S2. The van der Waals surface area contributed by atoms with Crippen LogP contribution in [-0.2, 0) is 16.4 Å². The van der Waals surface area contributed by atoms with Crippen molar-refractivity contribution in [2.24, 2.45) is 5.14 Å². The summed E-state index contributed by atoms with van der Waals surface area (Å²) in [5.74, 6) is -0.472. The summed E-state index contributed by atoms with van der Waals surface area (Å²) in [4.78, 5) is 5.29. The highest BCUT2D eigenvalue weighted by Crippen LogP contribution is 2.27. The number of nitrogens with one attached hydrogen (secondary N) is 1. The fourth-order valence-corrected chi connectivity index (χ4v) is 4.23. The summed E-state index contributed by atoms with van der Waals surface area (Å²) >= 11 is 7.22. The second kappa shape index (κ2) is 7.71. The molecular weight excluding hydrogens is 437 g/mol. The van der Waals surface area contributed by atoms with Crippen molar-refractivity contribution in [1.29, 1.82) is 0 Å². The van der Waals surface area contributed by atoms with Gasteiger partial charge in [-0.3, -0.25) is 0 Å². The number of hydrogen-bond acceptors (Lipinski definition) is 6. The van der Waals surface area contributed by atoms with Crippen LogP contribution in [0.2, 0.25) is 5.02 Å². The second-order valence-electron chi connectivity index (χ2n) is 6.26. The Morgan fingerprint density at radius 3 is 2.62 bits per heavy atom. The zero-order chi connectivity index (χ0) is 20.6. The van der Waals surface area contributed by atoms with Gasteiger partial charge in [-0.1, -0.05) is 35.1 Å². The molecule has 0 amide bonds. The number of sulfonamides is 1. The minimum absolute atomic E-state index is 0.0475. The lowest BCUT2D eigenvalue weighted by atomic mass is 10.1. The van der Waals surface area contributed by atoms with E-state index >= 15 is 0 Å². The molecule has 7 nitrogen and oxygen atoms in total. The van der Waals surface area contributed by atoms with E-state index in [1.165, 1.54) is 35.6 Å². The van der Waals surface area contributed by atoms with Gasteiger partial charge < -0.3 is 5.32 Å². The SMILES string of the molecule is NS(=O)(=O)c1ccc(CCNc2nn3cc(-c4ccc(F)c(Cl)c4)nc3s2)cc1. The van der Waals surface area contributed by atoms with Crippen LogP contribution in [0, 0.1) is 5.82 Å². The van der Waals surface area contributed by atoms with Crippen molar-refractivity contribution < 1.29 is 12.8 Å². The van der Waals surface area contributed by atoms with Crippen LogP contribution < -0.4 is 10.5 Å². The molecule has 0 saturated heterocycles. The maximum Gasteiger partial charge on any atom is 0.238 e. The lowest BCUT2D eigenvalue weighted by molar-refractivity contribution is 0.597. The first-order valence-electron chi connectivity index (χ1n) is 8.47. The first-order chi connectivity index (χ1) is 13.8. The molecule has 4 rings (SSSR count). The third kappa shape index (κ3) is 4.40. The van der Waals surface area contributed by atoms with Crippen molar-refractivity contribution in [3.05, 3.63) is 65.1 Å². The number of benzene rings is 2. The standard InChI is InChI=1S/C18H15ClFN5O2S2/c19-14-9-12(3-6-15(14)20)16-10-25-18(23-16)28-17(24-25)22-8-7-11-1-4-13(5-2-11)29(21,26)27/h1-6,9-10H,7-8H2,(H,22,24)(H2,21,26,27). The number of aromatic nitrogens is 3. The molecule has 0 saturated carbocycles. The summed E-state index contributed by atoms with van der Waals surface area (Å²) < 4.78 is 37.5. The molecule has 0 aliphatic carbocycles. The lowest BCUT2D eigenvalue weighted by Crippen LogP contribution is -2.12. The zero-order valence-electron chi connectivity index (χ0n) is 14.8. The summed E-state index contributed by atoms with van der Waals surface area (Å²) in [5, 5.41) is 13.5. The number of primary sulfonamides is 1. The predicted octanol–water partition coefficient (Wildman–Crippen LogP) is 3.55. The van der Waals surface area contributed by atoms with Gasteiger partial charge in [0.1, 0.15) is 5.82 Å². The first-order valence-corrected chi connectivity index (χ1v) is 11.2. The third-order valence-corrected chi connectivity index (χ3v) is 6.30. The van der Waals surface area contributed by atoms with Crippen LogP contribution in [-0.4, -0.2) is 29.6 Å². The van der Waals surface area contributed by atoms with Gasteiger partial charge >= 0.3 is 0 Å². The summed E-state index contributed by atoms with van der Waals surface area (Å²) in [6.45, 7) is 0.617. The monoisotopic (exact) mass is 451 g/mol. The van der Waals surface area contributed by atoms with Gasteiger partial charge in [0, 0.05) is 12.1 Å². The molecule has 0 aliphatic heterocycles. The number of nitrogens with two attached hydrogens (primary N) is 1. The van der Waals surface area contributed by atoms with Crippen LogP contribution in [0.25, 0.3) is 16.2 Å². The van der Waals surface area contributed by atoms with E-state index in [1.54, 1.807) is 28.9 Å².